The summed E-state index contributed by atoms with van der Waals surface area (Å²) < 4.78 is 0. The molecular formula is C23H34N6. The number of amidine groups is 1. The summed E-state index contributed by atoms with van der Waals surface area (Å²) in [6.45, 7) is 19.4. The largest absolute Gasteiger partial charge is 0.353 e. The van der Waals surface area contributed by atoms with Crippen molar-refractivity contribution in [2.24, 2.45) is 4.99 Å². The molecule has 2 atom stereocenters. The van der Waals surface area contributed by atoms with Gasteiger partial charge in [-0.25, -0.2) is 4.98 Å². The highest BCUT2D eigenvalue weighted by Gasteiger charge is 2.45. The molecule has 1 aromatic rings. The lowest BCUT2D eigenvalue weighted by atomic mass is 9.94. The molecule has 1 aromatic heterocycles. The maximum atomic E-state index is 4.80. The molecule has 29 heavy (non-hydrogen) atoms. The zero-order chi connectivity index (χ0) is 20.9. The first kappa shape index (κ1) is 20.0. The number of pyridine rings is 1. The third-order valence-electron chi connectivity index (χ3n) is 6.85. The van der Waals surface area contributed by atoms with Crippen LogP contribution in [0.15, 0.2) is 46.7 Å². The van der Waals surface area contributed by atoms with E-state index >= 15 is 0 Å². The van der Waals surface area contributed by atoms with Gasteiger partial charge in [-0.1, -0.05) is 12.6 Å². The van der Waals surface area contributed by atoms with E-state index in [9.17, 15) is 0 Å². The minimum atomic E-state index is -0.0916. The van der Waals surface area contributed by atoms with Gasteiger partial charge in [-0.15, -0.1) is 0 Å². The van der Waals surface area contributed by atoms with Crippen molar-refractivity contribution in [3.8, 4) is 0 Å². The van der Waals surface area contributed by atoms with Gasteiger partial charge in [0.05, 0.1) is 17.9 Å². The van der Waals surface area contributed by atoms with Crippen molar-refractivity contribution in [2.45, 2.75) is 52.2 Å². The zero-order valence-corrected chi connectivity index (χ0v) is 18.7. The molecule has 1 N–H and O–H groups in total. The molecule has 0 amide bonds. The number of anilines is 1. The maximum absolute atomic E-state index is 4.80. The predicted molar refractivity (Wildman–Crippen MR) is 120 cm³/mol. The topological polar surface area (TPSA) is 47.0 Å². The van der Waals surface area contributed by atoms with Crippen molar-refractivity contribution in [3.63, 3.8) is 0 Å². The van der Waals surface area contributed by atoms with Crippen LogP contribution in [0.4, 0.5) is 5.82 Å². The summed E-state index contributed by atoms with van der Waals surface area (Å²) in [6.07, 6.45) is 0. The van der Waals surface area contributed by atoms with Gasteiger partial charge >= 0.3 is 0 Å². The molecule has 0 radical (unpaired) electrons. The number of hydrogen-bond acceptors (Lipinski definition) is 6. The van der Waals surface area contributed by atoms with Gasteiger partial charge in [-0.3, -0.25) is 9.89 Å². The van der Waals surface area contributed by atoms with Crippen molar-refractivity contribution < 1.29 is 0 Å². The summed E-state index contributed by atoms with van der Waals surface area (Å²) in [5.41, 5.74) is 3.60. The van der Waals surface area contributed by atoms with E-state index in [4.69, 9.17) is 4.99 Å². The van der Waals surface area contributed by atoms with Crippen molar-refractivity contribution in [1.29, 1.82) is 0 Å². The molecule has 6 nitrogen and oxygen atoms in total. The molecule has 0 saturated carbocycles. The fraction of sp³-hybridized carbons (Fsp3) is 0.565. The summed E-state index contributed by atoms with van der Waals surface area (Å²) in [5.74, 6) is 2.94. The number of nitrogens with one attached hydrogen (secondary N) is 1. The van der Waals surface area contributed by atoms with Crippen LogP contribution in [0.3, 0.4) is 0 Å². The van der Waals surface area contributed by atoms with E-state index in [1.807, 2.05) is 25.1 Å². The Morgan fingerprint density at radius 1 is 1.21 bits per heavy atom. The van der Waals surface area contributed by atoms with Gasteiger partial charge in [0, 0.05) is 43.0 Å². The quantitative estimate of drug-likeness (QED) is 0.854. The summed E-state index contributed by atoms with van der Waals surface area (Å²) in [4.78, 5) is 16.8. The highest BCUT2D eigenvalue weighted by Crippen LogP contribution is 2.41. The highest BCUT2D eigenvalue weighted by atomic mass is 15.4. The van der Waals surface area contributed by atoms with E-state index in [0.29, 0.717) is 12.1 Å². The van der Waals surface area contributed by atoms with Crippen molar-refractivity contribution >= 4 is 11.7 Å². The van der Waals surface area contributed by atoms with Crippen LogP contribution in [0.1, 0.15) is 33.4 Å². The van der Waals surface area contributed by atoms with Crippen molar-refractivity contribution in [1.82, 2.24) is 19.7 Å². The van der Waals surface area contributed by atoms with Crippen LogP contribution in [0.5, 0.6) is 0 Å². The number of piperazine rings is 1. The molecule has 1 fully saturated rings. The summed E-state index contributed by atoms with van der Waals surface area (Å²) >= 11 is 0. The minimum Gasteiger partial charge on any atom is -0.353 e. The number of aliphatic imine (C=N–C) groups is 1. The molecule has 0 spiro atoms. The smallest absolute Gasteiger partial charge is 0.131 e. The van der Waals surface area contributed by atoms with Crippen LogP contribution in [0, 0.1) is 6.92 Å². The lowest BCUT2D eigenvalue weighted by molar-refractivity contribution is 0.0477. The van der Waals surface area contributed by atoms with Gasteiger partial charge in [-0.05, 0) is 59.4 Å². The van der Waals surface area contributed by atoms with Gasteiger partial charge in [0.2, 0.25) is 0 Å². The van der Waals surface area contributed by atoms with Crippen LogP contribution in [0.25, 0.3) is 0 Å². The Balaban J connectivity index is 1.53. The Labute approximate surface area is 175 Å². The average molecular weight is 395 g/mol. The first-order valence-electron chi connectivity index (χ1n) is 10.6. The Bertz CT molecular complexity index is 883. The number of nitrogens with zero attached hydrogens (tertiary/aromatic N) is 5. The molecule has 3 aliphatic rings. The molecule has 0 aliphatic carbocycles. The number of rotatable bonds is 3. The van der Waals surface area contributed by atoms with Crippen LogP contribution < -0.4 is 5.32 Å². The molecule has 6 heteroatoms. The van der Waals surface area contributed by atoms with E-state index in [1.54, 1.807) is 0 Å². The van der Waals surface area contributed by atoms with E-state index in [1.165, 1.54) is 11.1 Å². The van der Waals surface area contributed by atoms with Gasteiger partial charge < -0.3 is 15.1 Å². The second kappa shape index (κ2) is 7.17. The molecule has 156 valence electrons. The monoisotopic (exact) mass is 394 g/mol. The Hall–Kier alpha value is -2.34. The SMILES string of the molecule is C=C(N1C[C@@H](C)N(C)C[C@@H]1C)N1CC2=C(CN=C2Nc2cccc(C)n2)C1(C)C. The standard InChI is InChI=1S/C23H34N6/c1-15-9-8-10-21(25-15)26-22-19-14-29(23(5,6)20(19)11-24-22)18(4)28-13-16(2)27(7)12-17(28)3/h8-10,16-17H,4,11-14H2,1-3,5-7H3,(H,24,25,26)/t16-,17+/m1/s1. The van der Waals surface area contributed by atoms with Gasteiger partial charge in [-0.2, -0.15) is 0 Å². The normalized spacial score (nSPS) is 26.6. The number of aromatic nitrogens is 1. The minimum absolute atomic E-state index is 0.0916. The third kappa shape index (κ3) is 3.44. The molecule has 0 aromatic carbocycles. The molecule has 4 heterocycles. The second-order valence-corrected chi connectivity index (χ2v) is 9.26. The van der Waals surface area contributed by atoms with Crippen LogP contribution in [-0.2, 0) is 0 Å². The molecule has 3 aliphatic heterocycles. The highest BCUT2D eigenvalue weighted by molar-refractivity contribution is 6.10. The Morgan fingerprint density at radius 3 is 2.69 bits per heavy atom. The van der Waals surface area contributed by atoms with E-state index < -0.39 is 0 Å². The Morgan fingerprint density at radius 2 is 1.97 bits per heavy atom. The lowest BCUT2D eigenvalue weighted by Crippen LogP contribution is -2.57. The molecule has 0 bridgehead atoms. The van der Waals surface area contributed by atoms with Crippen LogP contribution in [-0.4, -0.2) is 76.4 Å². The number of likely N-dealkylation sites (N-methyl/N-ethyl adjacent to an activating group) is 1. The summed E-state index contributed by atoms with van der Waals surface area (Å²) in [6, 6.07) is 7.02. The molecule has 4 rings (SSSR count). The fourth-order valence-corrected chi connectivity index (χ4v) is 4.82. The van der Waals surface area contributed by atoms with Gasteiger partial charge in [0.1, 0.15) is 11.7 Å². The predicted octanol–water partition coefficient (Wildman–Crippen LogP) is 3.10. The van der Waals surface area contributed by atoms with Crippen LogP contribution >= 0.6 is 0 Å². The van der Waals surface area contributed by atoms with E-state index in [-0.39, 0.29) is 5.54 Å². The fourth-order valence-electron chi connectivity index (χ4n) is 4.82. The zero-order valence-electron chi connectivity index (χ0n) is 18.7. The summed E-state index contributed by atoms with van der Waals surface area (Å²) in [5, 5.41) is 3.46. The van der Waals surface area contributed by atoms with Crippen molar-refractivity contribution in [2.75, 3.05) is 38.5 Å². The molecule has 0 unspecified atom stereocenters. The van der Waals surface area contributed by atoms with Crippen LogP contribution in [0.2, 0.25) is 0 Å². The average Bonchev–Trinajstić information content (AvgIpc) is 3.16. The van der Waals surface area contributed by atoms with Gasteiger partial charge in [0.15, 0.2) is 0 Å². The first-order valence-corrected chi connectivity index (χ1v) is 10.6. The molecule has 1 saturated heterocycles. The van der Waals surface area contributed by atoms with Gasteiger partial charge in [0.25, 0.3) is 0 Å². The summed E-state index contributed by atoms with van der Waals surface area (Å²) in [7, 11) is 2.21. The number of hydrogen-bond donors (Lipinski definition) is 1. The number of aryl methyl sites for hydroxylation is 1. The lowest BCUT2D eigenvalue weighted by Gasteiger charge is -2.49. The van der Waals surface area contributed by atoms with E-state index in [0.717, 1.165) is 49.3 Å². The Kier molecular flexibility index (Phi) is 4.93. The maximum Gasteiger partial charge on any atom is 0.131 e. The second-order valence-electron chi connectivity index (χ2n) is 9.26. The third-order valence-corrected chi connectivity index (χ3v) is 6.85. The molecular weight excluding hydrogens is 360 g/mol. The van der Waals surface area contributed by atoms with Crippen molar-refractivity contribution in [3.05, 3.63) is 47.4 Å². The first-order chi connectivity index (χ1) is 13.7. The van der Waals surface area contributed by atoms with E-state index in [2.05, 4.69) is 66.3 Å².